The molecular weight excluding hydrogens is 386 g/mol. The van der Waals surface area contributed by atoms with Gasteiger partial charge < -0.3 is 14.4 Å². The van der Waals surface area contributed by atoms with E-state index < -0.39 is 0 Å². The highest BCUT2D eigenvalue weighted by atomic mass is 35.5. The van der Waals surface area contributed by atoms with Crippen LogP contribution in [0.1, 0.15) is 10.4 Å². The number of halogens is 1. The number of nitrogens with zero attached hydrogens (tertiary/aromatic N) is 2. The zero-order chi connectivity index (χ0) is 18.8. The van der Waals surface area contributed by atoms with Gasteiger partial charge in [-0.3, -0.25) is 10.1 Å². The minimum atomic E-state index is -0.257. The van der Waals surface area contributed by atoms with Crippen molar-refractivity contribution in [2.45, 2.75) is 0 Å². The number of nitrogens with one attached hydrogen (secondary N) is 1. The van der Waals surface area contributed by atoms with Crippen LogP contribution in [0.25, 0.3) is 10.2 Å². The van der Waals surface area contributed by atoms with E-state index in [0.29, 0.717) is 21.5 Å². The van der Waals surface area contributed by atoms with Crippen molar-refractivity contribution in [3.05, 3.63) is 47.0 Å². The molecule has 0 bridgehead atoms. The molecule has 140 valence electrons. The maximum atomic E-state index is 12.5. The normalized spacial score (nSPS) is 14.4. The molecule has 0 saturated carbocycles. The minimum Gasteiger partial charge on any atom is -0.495 e. The summed E-state index contributed by atoms with van der Waals surface area (Å²) in [7, 11) is 1.53. The molecule has 27 heavy (non-hydrogen) atoms. The van der Waals surface area contributed by atoms with Gasteiger partial charge in [0.2, 0.25) is 0 Å². The highest BCUT2D eigenvalue weighted by Gasteiger charge is 2.15. The summed E-state index contributed by atoms with van der Waals surface area (Å²) in [5.74, 6) is 0.274. The molecular formula is C19H18ClN3O3S. The Hall–Kier alpha value is -2.35. The number of rotatable bonds is 4. The first kappa shape index (κ1) is 18.0. The summed E-state index contributed by atoms with van der Waals surface area (Å²) in [5, 5.41) is 3.80. The summed E-state index contributed by atoms with van der Waals surface area (Å²) < 4.78 is 11.5. The monoisotopic (exact) mass is 403 g/mol. The fourth-order valence-corrected chi connectivity index (χ4v) is 4.11. The van der Waals surface area contributed by atoms with Gasteiger partial charge in [0.15, 0.2) is 5.13 Å². The van der Waals surface area contributed by atoms with Gasteiger partial charge in [0, 0.05) is 24.3 Å². The number of carbonyl (C=O) groups excluding carboxylic acids is 1. The van der Waals surface area contributed by atoms with Crippen LogP contribution >= 0.6 is 22.9 Å². The number of thiazole rings is 1. The number of hydrogen-bond donors (Lipinski definition) is 1. The lowest BCUT2D eigenvalue weighted by Crippen LogP contribution is -2.36. The van der Waals surface area contributed by atoms with Crippen molar-refractivity contribution in [2.75, 3.05) is 43.6 Å². The van der Waals surface area contributed by atoms with Crippen LogP contribution in [0.4, 0.5) is 10.8 Å². The van der Waals surface area contributed by atoms with Crippen LogP contribution in [-0.2, 0) is 4.74 Å². The molecule has 1 aliphatic heterocycles. The molecule has 4 rings (SSSR count). The molecule has 0 unspecified atom stereocenters. The maximum Gasteiger partial charge on any atom is 0.257 e. The van der Waals surface area contributed by atoms with Crippen LogP contribution in [0.15, 0.2) is 36.4 Å². The van der Waals surface area contributed by atoms with Gasteiger partial charge in [0.25, 0.3) is 5.91 Å². The van der Waals surface area contributed by atoms with Gasteiger partial charge in [0.1, 0.15) is 5.75 Å². The summed E-state index contributed by atoms with van der Waals surface area (Å²) >= 11 is 7.55. The Balaban J connectivity index is 1.53. The zero-order valence-corrected chi connectivity index (χ0v) is 16.3. The number of anilines is 2. The Labute approximate surface area is 165 Å². The van der Waals surface area contributed by atoms with E-state index in [1.54, 1.807) is 18.2 Å². The van der Waals surface area contributed by atoms with Crippen LogP contribution < -0.4 is 15.0 Å². The molecule has 1 saturated heterocycles. The Morgan fingerprint density at radius 3 is 2.81 bits per heavy atom. The first-order chi connectivity index (χ1) is 13.1. The van der Waals surface area contributed by atoms with Crippen LogP contribution in [0, 0.1) is 0 Å². The SMILES string of the molecule is COc1ccc(C(=O)Nc2nc3ccc(N4CCOCC4)cc3s2)cc1Cl. The predicted molar refractivity (Wildman–Crippen MR) is 109 cm³/mol. The van der Waals surface area contributed by atoms with Crippen LogP contribution in [0.2, 0.25) is 5.02 Å². The van der Waals surface area contributed by atoms with Crippen molar-refractivity contribution in [3.8, 4) is 5.75 Å². The maximum absolute atomic E-state index is 12.5. The average molecular weight is 404 g/mol. The number of ether oxygens (including phenoxy) is 2. The predicted octanol–water partition coefficient (Wildman–Crippen LogP) is 4.05. The van der Waals surface area contributed by atoms with Crippen molar-refractivity contribution in [1.82, 2.24) is 4.98 Å². The van der Waals surface area contributed by atoms with Crippen molar-refractivity contribution in [1.29, 1.82) is 0 Å². The van der Waals surface area contributed by atoms with E-state index in [1.807, 2.05) is 6.07 Å². The molecule has 1 fully saturated rings. The van der Waals surface area contributed by atoms with Gasteiger partial charge >= 0.3 is 0 Å². The number of carbonyl (C=O) groups is 1. The fourth-order valence-electron chi connectivity index (χ4n) is 2.96. The first-order valence-corrected chi connectivity index (χ1v) is 9.71. The second-order valence-electron chi connectivity index (χ2n) is 6.07. The largest absolute Gasteiger partial charge is 0.495 e. The molecule has 6 nitrogen and oxygen atoms in total. The number of fused-ring (bicyclic) bond motifs is 1. The standard InChI is InChI=1S/C19H18ClN3O3S/c1-25-16-5-2-12(10-14(16)20)18(24)22-19-21-15-4-3-13(11-17(15)27-19)23-6-8-26-9-7-23/h2-5,10-11H,6-9H2,1H3,(H,21,22,24). The van der Waals surface area contributed by atoms with E-state index in [2.05, 4.69) is 27.3 Å². The second kappa shape index (κ2) is 7.72. The van der Waals surface area contributed by atoms with E-state index in [9.17, 15) is 4.79 Å². The summed E-state index contributed by atoms with van der Waals surface area (Å²) in [6.45, 7) is 3.25. The van der Waals surface area contributed by atoms with Crippen molar-refractivity contribution < 1.29 is 14.3 Å². The van der Waals surface area contributed by atoms with Gasteiger partial charge in [-0.1, -0.05) is 22.9 Å². The molecule has 1 aliphatic rings. The first-order valence-electron chi connectivity index (χ1n) is 8.52. The van der Waals surface area contributed by atoms with E-state index in [-0.39, 0.29) is 5.91 Å². The fraction of sp³-hybridized carbons (Fsp3) is 0.263. The van der Waals surface area contributed by atoms with E-state index >= 15 is 0 Å². The molecule has 0 aliphatic carbocycles. The number of hydrogen-bond acceptors (Lipinski definition) is 6. The van der Waals surface area contributed by atoms with Crippen LogP contribution in [0.3, 0.4) is 0 Å². The highest BCUT2D eigenvalue weighted by Crippen LogP contribution is 2.31. The molecule has 0 spiro atoms. The number of methoxy groups -OCH3 is 1. The number of amides is 1. The summed E-state index contributed by atoms with van der Waals surface area (Å²) in [6.07, 6.45) is 0. The summed E-state index contributed by atoms with van der Waals surface area (Å²) in [6, 6.07) is 11.1. The molecule has 2 aromatic carbocycles. The Kier molecular flexibility index (Phi) is 5.15. The van der Waals surface area contributed by atoms with E-state index in [4.69, 9.17) is 21.1 Å². The molecule has 0 radical (unpaired) electrons. The third-order valence-corrected chi connectivity index (χ3v) is 5.61. The van der Waals surface area contributed by atoms with Crippen molar-refractivity contribution in [2.24, 2.45) is 0 Å². The van der Waals surface area contributed by atoms with Crippen molar-refractivity contribution in [3.63, 3.8) is 0 Å². The molecule has 1 amide bonds. The lowest BCUT2D eigenvalue weighted by molar-refractivity contribution is 0.102. The van der Waals surface area contributed by atoms with Gasteiger partial charge in [0.05, 0.1) is 35.6 Å². The third-order valence-electron chi connectivity index (χ3n) is 4.38. The number of benzene rings is 2. The molecule has 1 N–H and O–H groups in total. The summed E-state index contributed by atoms with van der Waals surface area (Å²) in [4.78, 5) is 19.3. The Morgan fingerprint density at radius 2 is 2.07 bits per heavy atom. The quantitative estimate of drug-likeness (QED) is 0.712. The van der Waals surface area contributed by atoms with Gasteiger partial charge in [-0.25, -0.2) is 4.98 Å². The lowest BCUT2D eigenvalue weighted by Gasteiger charge is -2.28. The molecule has 2 heterocycles. The molecule has 0 atom stereocenters. The lowest BCUT2D eigenvalue weighted by atomic mass is 10.2. The minimum absolute atomic E-state index is 0.257. The molecule has 3 aromatic rings. The van der Waals surface area contributed by atoms with E-state index in [0.717, 1.165) is 42.2 Å². The summed E-state index contributed by atoms with van der Waals surface area (Å²) in [5.41, 5.74) is 2.46. The van der Waals surface area contributed by atoms with Gasteiger partial charge in [-0.2, -0.15) is 0 Å². The average Bonchev–Trinajstić information content (AvgIpc) is 3.10. The van der Waals surface area contributed by atoms with Gasteiger partial charge in [-0.15, -0.1) is 0 Å². The highest BCUT2D eigenvalue weighted by molar-refractivity contribution is 7.22. The third kappa shape index (κ3) is 3.85. The van der Waals surface area contributed by atoms with Crippen LogP contribution in [-0.4, -0.2) is 44.3 Å². The number of morpholine rings is 1. The topological polar surface area (TPSA) is 63.7 Å². The zero-order valence-electron chi connectivity index (χ0n) is 14.7. The smallest absolute Gasteiger partial charge is 0.257 e. The van der Waals surface area contributed by atoms with Crippen LogP contribution in [0.5, 0.6) is 5.75 Å². The Morgan fingerprint density at radius 1 is 1.26 bits per heavy atom. The van der Waals surface area contributed by atoms with Gasteiger partial charge in [-0.05, 0) is 36.4 Å². The molecule has 8 heteroatoms. The Bertz CT molecular complexity index is 985. The van der Waals surface area contributed by atoms with E-state index in [1.165, 1.54) is 18.4 Å². The second-order valence-corrected chi connectivity index (χ2v) is 7.51. The van der Waals surface area contributed by atoms with Crippen molar-refractivity contribution >= 4 is 49.9 Å². The molecule has 1 aromatic heterocycles. The number of aromatic nitrogens is 1.